The molecular formula is C7H20O. The highest BCUT2D eigenvalue weighted by Crippen LogP contribution is 1.14. The van der Waals surface area contributed by atoms with Crippen LogP contribution in [0.1, 0.15) is 28.7 Å². The molecule has 0 rings (SSSR count). The summed E-state index contributed by atoms with van der Waals surface area (Å²) >= 11 is 0. The van der Waals surface area contributed by atoms with E-state index in [9.17, 15) is 0 Å². The summed E-state index contributed by atoms with van der Waals surface area (Å²) in [6.07, 6.45) is 0. The van der Waals surface area contributed by atoms with Crippen molar-refractivity contribution in [2.24, 2.45) is 0 Å². The minimum atomic E-state index is 0. The van der Waals surface area contributed by atoms with E-state index in [0.29, 0.717) is 0 Å². The highest BCUT2D eigenvalue weighted by molar-refractivity contribution is 5.10. The van der Waals surface area contributed by atoms with Gasteiger partial charge in [-0.25, -0.2) is 0 Å². The Kier molecular flexibility index (Phi) is 3530. The largest absolute Gasteiger partial charge is 0.307 e. The zero-order chi connectivity index (χ0) is 6.00. The molecule has 0 atom stereocenters. The van der Waals surface area contributed by atoms with Crippen molar-refractivity contribution in [2.75, 3.05) is 0 Å². The standard InChI is InChI=1S/C2H6.C2H4.CH2O.2CH4/c3*1-2;;/h1-2H3;1-2H2;1H2;2*1H4. The maximum Gasteiger partial charge on any atom is 0.106 e. The van der Waals surface area contributed by atoms with Crippen molar-refractivity contribution in [3.8, 4) is 0 Å². The number of hydrogen-bond acceptors (Lipinski definition) is 1. The summed E-state index contributed by atoms with van der Waals surface area (Å²) < 4.78 is 0. The van der Waals surface area contributed by atoms with Crippen LogP contribution < -0.4 is 0 Å². The van der Waals surface area contributed by atoms with Gasteiger partial charge in [0.05, 0.1) is 0 Å². The molecular weight excluding hydrogens is 100 g/mol. The normalized spacial score (nSPS) is 1.75. The molecule has 0 spiro atoms. The molecule has 54 valence electrons. The Morgan fingerprint density at radius 3 is 0.875 bits per heavy atom. The molecule has 0 saturated heterocycles. The van der Waals surface area contributed by atoms with E-state index in [1.54, 1.807) is 0 Å². The summed E-state index contributed by atoms with van der Waals surface area (Å²) in [7, 11) is 0. The molecule has 8 heavy (non-hydrogen) atoms. The van der Waals surface area contributed by atoms with Crippen LogP contribution >= 0.6 is 0 Å². The van der Waals surface area contributed by atoms with Crippen molar-refractivity contribution in [3.05, 3.63) is 13.2 Å². The summed E-state index contributed by atoms with van der Waals surface area (Å²) in [5.74, 6) is 0. The first kappa shape index (κ1) is 52.4. The summed E-state index contributed by atoms with van der Waals surface area (Å²) in [5, 5.41) is 0. The first-order chi connectivity index (χ1) is 3.00. The number of rotatable bonds is 0. The lowest BCUT2D eigenvalue weighted by atomic mass is 11.0. The van der Waals surface area contributed by atoms with Gasteiger partial charge in [0, 0.05) is 0 Å². The third-order valence-electron chi connectivity index (χ3n) is 0. The van der Waals surface area contributed by atoms with E-state index in [-0.39, 0.29) is 14.9 Å². The molecule has 0 aromatic heterocycles. The number of hydrogen-bond donors (Lipinski definition) is 0. The van der Waals surface area contributed by atoms with Crippen LogP contribution in [0.25, 0.3) is 0 Å². The molecule has 0 aliphatic heterocycles. The molecule has 0 heterocycles. The zero-order valence-corrected chi connectivity index (χ0v) is 4.53. The van der Waals surface area contributed by atoms with Gasteiger partial charge in [-0.1, -0.05) is 28.7 Å². The van der Waals surface area contributed by atoms with Crippen LogP contribution in [0.3, 0.4) is 0 Å². The van der Waals surface area contributed by atoms with Crippen molar-refractivity contribution in [3.63, 3.8) is 0 Å². The molecule has 0 unspecified atom stereocenters. The van der Waals surface area contributed by atoms with Gasteiger partial charge in [-0.2, -0.15) is 0 Å². The van der Waals surface area contributed by atoms with Gasteiger partial charge in [0.25, 0.3) is 0 Å². The zero-order valence-electron chi connectivity index (χ0n) is 4.53. The molecule has 0 aromatic rings. The third kappa shape index (κ3) is 302. The fourth-order valence-corrected chi connectivity index (χ4v) is 0. The molecule has 0 N–H and O–H groups in total. The Labute approximate surface area is 54.4 Å². The maximum absolute atomic E-state index is 8.00. The Balaban J connectivity index is -0.00000000500. The van der Waals surface area contributed by atoms with Crippen LogP contribution in [0.15, 0.2) is 13.2 Å². The van der Waals surface area contributed by atoms with E-state index in [4.69, 9.17) is 4.79 Å². The van der Waals surface area contributed by atoms with Gasteiger partial charge in [0.1, 0.15) is 6.79 Å². The Morgan fingerprint density at radius 1 is 0.875 bits per heavy atom. The number of carbonyl (C=O) groups is 1. The minimum Gasteiger partial charge on any atom is -0.307 e. The monoisotopic (exact) mass is 120 g/mol. The predicted octanol–water partition coefficient (Wildman–Crippen LogP) is 2.92. The Morgan fingerprint density at radius 2 is 0.875 bits per heavy atom. The van der Waals surface area contributed by atoms with E-state index in [1.807, 2.05) is 20.6 Å². The summed E-state index contributed by atoms with van der Waals surface area (Å²) in [6.45, 7) is 12.0. The van der Waals surface area contributed by atoms with E-state index in [2.05, 4.69) is 13.2 Å². The Bertz CT molecular complexity index is 6.35. The van der Waals surface area contributed by atoms with Crippen molar-refractivity contribution < 1.29 is 4.79 Å². The third-order valence-corrected chi connectivity index (χ3v) is 0. The van der Waals surface area contributed by atoms with Gasteiger partial charge in [0.15, 0.2) is 0 Å². The lowest BCUT2D eigenvalue weighted by Gasteiger charge is -1.07. The lowest BCUT2D eigenvalue weighted by molar-refractivity contribution is -0.0979. The van der Waals surface area contributed by atoms with Crippen LogP contribution in [0.4, 0.5) is 0 Å². The quantitative estimate of drug-likeness (QED) is 0.449. The molecule has 0 fully saturated rings. The van der Waals surface area contributed by atoms with Crippen LogP contribution in [0.5, 0.6) is 0 Å². The first-order valence-corrected chi connectivity index (χ1v) is 1.79. The van der Waals surface area contributed by atoms with Crippen LogP contribution in [-0.2, 0) is 4.79 Å². The smallest absolute Gasteiger partial charge is 0.106 e. The minimum absolute atomic E-state index is 0. The molecule has 0 radical (unpaired) electrons. The van der Waals surface area contributed by atoms with Crippen LogP contribution in [-0.4, -0.2) is 6.79 Å². The number of carbonyl (C=O) groups excluding carboxylic acids is 1. The van der Waals surface area contributed by atoms with E-state index >= 15 is 0 Å². The van der Waals surface area contributed by atoms with Crippen LogP contribution in [0, 0.1) is 0 Å². The van der Waals surface area contributed by atoms with Crippen molar-refractivity contribution in [2.45, 2.75) is 28.7 Å². The van der Waals surface area contributed by atoms with Gasteiger partial charge in [-0.05, 0) is 0 Å². The topological polar surface area (TPSA) is 17.1 Å². The second-order valence-electron chi connectivity index (χ2n) is 0. The highest BCUT2D eigenvalue weighted by atomic mass is 16.1. The van der Waals surface area contributed by atoms with Gasteiger partial charge in [-0.15, -0.1) is 13.2 Å². The second-order valence-corrected chi connectivity index (χ2v) is 0. The van der Waals surface area contributed by atoms with Gasteiger partial charge < -0.3 is 4.79 Å². The summed E-state index contributed by atoms with van der Waals surface area (Å²) in [6, 6.07) is 0. The SMILES string of the molecule is C.C.C=C.C=O.CC. The highest BCUT2D eigenvalue weighted by Gasteiger charge is 0.932. The molecule has 0 aliphatic rings. The van der Waals surface area contributed by atoms with E-state index in [0.717, 1.165) is 0 Å². The Hall–Kier alpha value is -0.590. The van der Waals surface area contributed by atoms with Crippen LogP contribution in [0.2, 0.25) is 0 Å². The predicted molar refractivity (Wildman–Crippen MR) is 43.2 cm³/mol. The molecule has 0 amide bonds. The van der Waals surface area contributed by atoms with Crippen molar-refractivity contribution in [1.82, 2.24) is 0 Å². The van der Waals surface area contributed by atoms with Crippen molar-refractivity contribution >= 4 is 6.79 Å². The maximum atomic E-state index is 8.00. The molecule has 1 heteroatoms. The van der Waals surface area contributed by atoms with Gasteiger partial charge in [-0.3, -0.25) is 0 Å². The lowest BCUT2D eigenvalue weighted by Crippen LogP contribution is -0.925. The van der Waals surface area contributed by atoms with E-state index < -0.39 is 0 Å². The molecule has 0 aromatic carbocycles. The molecule has 0 bridgehead atoms. The molecule has 0 saturated carbocycles. The van der Waals surface area contributed by atoms with Crippen molar-refractivity contribution in [1.29, 1.82) is 0 Å². The van der Waals surface area contributed by atoms with Gasteiger partial charge in [0.2, 0.25) is 0 Å². The fraction of sp³-hybridized carbons (Fsp3) is 0.571. The van der Waals surface area contributed by atoms with E-state index in [1.165, 1.54) is 0 Å². The second kappa shape index (κ2) is 539. The van der Waals surface area contributed by atoms with Gasteiger partial charge >= 0.3 is 0 Å². The first-order valence-electron chi connectivity index (χ1n) is 1.79. The fourth-order valence-electron chi connectivity index (χ4n) is 0. The average Bonchev–Trinajstić information content (AvgIpc) is 1.81. The summed E-state index contributed by atoms with van der Waals surface area (Å²) in [4.78, 5) is 8.00. The summed E-state index contributed by atoms with van der Waals surface area (Å²) in [5.41, 5.74) is 0. The molecule has 0 aliphatic carbocycles. The molecule has 1 nitrogen and oxygen atoms in total. The average molecular weight is 120 g/mol.